The van der Waals surface area contributed by atoms with Crippen LogP contribution in [-0.2, 0) is 11.3 Å². The third kappa shape index (κ3) is 6.07. The van der Waals surface area contributed by atoms with E-state index in [-0.39, 0.29) is 5.91 Å². The lowest BCUT2D eigenvalue weighted by Crippen LogP contribution is -2.26. The number of rotatable bonds is 7. The number of carbonyl (C=O) groups is 1. The molecule has 0 aliphatic rings. The molecular formula is C14H21BrN2O2. The Balaban J connectivity index is 2.54. The summed E-state index contributed by atoms with van der Waals surface area (Å²) in [4.78, 5) is 15.3. The van der Waals surface area contributed by atoms with Crippen LogP contribution in [0.15, 0.2) is 24.3 Å². The summed E-state index contributed by atoms with van der Waals surface area (Å²) in [6, 6.07) is 7.86. The third-order valence-electron chi connectivity index (χ3n) is 2.67. The van der Waals surface area contributed by atoms with Gasteiger partial charge < -0.3 is 14.5 Å². The second-order valence-corrected chi connectivity index (χ2v) is 5.24. The van der Waals surface area contributed by atoms with E-state index in [2.05, 4.69) is 20.8 Å². The van der Waals surface area contributed by atoms with E-state index in [1.165, 1.54) is 0 Å². The van der Waals surface area contributed by atoms with E-state index in [1.807, 2.05) is 38.4 Å². The second kappa shape index (κ2) is 8.17. The Labute approximate surface area is 123 Å². The van der Waals surface area contributed by atoms with Crippen molar-refractivity contribution in [2.45, 2.75) is 6.54 Å². The number of ether oxygens (including phenoxy) is 1. The fraction of sp³-hybridized carbons (Fsp3) is 0.500. The van der Waals surface area contributed by atoms with E-state index in [0.717, 1.165) is 17.9 Å². The molecule has 0 N–H and O–H groups in total. The van der Waals surface area contributed by atoms with Gasteiger partial charge in [0.2, 0.25) is 5.91 Å². The highest BCUT2D eigenvalue weighted by molar-refractivity contribution is 9.09. The van der Waals surface area contributed by atoms with Crippen LogP contribution in [0, 0.1) is 0 Å². The molecule has 4 nitrogen and oxygen atoms in total. The first-order valence-electron chi connectivity index (χ1n) is 6.19. The zero-order valence-electron chi connectivity index (χ0n) is 11.7. The quantitative estimate of drug-likeness (QED) is 0.717. The van der Waals surface area contributed by atoms with E-state index >= 15 is 0 Å². The molecular weight excluding hydrogens is 308 g/mol. The van der Waals surface area contributed by atoms with E-state index in [9.17, 15) is 4.79 Å². The van der Waals surface area contributed by atoms with Gasteiger partial charge in [0, 0.05) is 20.1 Å². The fourth-order valence-electron chi connectivity index (χ4n) is 1.54. The molecule has 0 heterocycles. The van der Waals surface area contributed by atoms with E-state index in [1.54, 1.807) is 11.9 Å². The average Bonchev–Trinajstić information content (AvgIpc) is 2.37. The zero-order valence-corrected chi connectivity index (χ0v) is 13.3. The number of carbonyl (C=O) groups excluding carboxylic acids is 1. The van der Waals surface area contributed by atoms with Gasteiger partial charge in [-0.3, -0.25) is 4.79 Å². The van der Waals surface area contributed by atoms with Crippen LogP contribution in [0.25, 0.3) is 0 Å². The van der Waals surface area contributed by atoms with Crippen molar-refractivity contribution in [1.82, 2.24) is 9.80 Å². The van der Waals surface area contributed by atoms with Gasteiger partial charge in [0.1, 0.15) is 12.4 Å². The van der Waals surface area contributed by atoms with Crippen LogP contribution in [0.3, 0.4) is 0 Å². The number of hydrogen-bond donors (Lipinski definition) is 0. The van der Waals surface area contributed by atoms with E-state index in [0.29, 0.717) is 18.5 Å². The molecule has 19 heavy (non-hydrogen) atoms. The van der Waals surface area contributed by atoms with Crippen LogP contribution in [0.4, 0.5) is 0 Å². The Morgan fingerprint density at radius 3 is 2.68 bits per heavy atom. The minimum atomic E-state index is 0.0685. The number of amides is 1. The monoisotopic (exact) mass is 328 g/mol. The molecule has 0 aliphatic heterocycles. The van der Waals surface area contributed by atoms with Crippen molar-refractivity contribution in [3.8, 4) is 5.75 Å². The number of halogens is 1. The predicted molar refractivity (Wildman–Crippen MR) is 80.8 cm³/mol. The molecule has 0 bridgehead atoms. The summed E-state index contributed by atoms with van der Waals surface area (Å²) in [5, 5.41) is 0.350. The van der Waals surface area contributed by atoms with Crippen molar-refractivity contribution < 1.29 is 9.53 Å². The standard InChI is InChI=1S/C14H21BrN2O2/c1-16(2)7-8-19-13-6-4-5-12(9-13)11-17(3)14(18)10-15/h4-6,9H,7-8,10-11H2,1-3H3. The largest absolute Gasteiger partial charge is 0.492 e. The van der Waals surface area contributed by atoms with Crippen molar-refractivity contribution in [2.75, 3.05) is 39.6 Å². The van der Waals surface area contributed by atoms with Gasteiger partial charge in [-0.2, -0.15) is 0 Å². The Kier molecular flexibility index (Phi) is 6.87. The summed E-state index contributed by atoms with van der Waals surface area (Å²) >= 11 is 3.17. The Bertz CT molecular complexity index is 410. The van der Waals surface area contributed by atoms with Crippen LogP contribution in [0.2, 0.25) is 0 Å². The van der Waals surface area contributed by atoms with Crippen LogP contribution in [-0.4, -0.2) is 55.3 Å². The average molecular weight is 329 g/mol. The topological polar surface area (TPSA) is 32.8 Å². The zero-order chi connectivity index (χ0) is 14.3. The minimum Gasteiger partial charge on any atom is -0.492 e. The summed E-state index contributed by atoms with van der Waals surface area (Å²) in [6.07, 6.45) is 0. The molecule has 0 fully saturated rings. The number of hydrogen-bond acceptors (Lipinski definition) is 3. The molecule has 106 valence electrons. The van der Waals surface area contributed by atoms with Crippen molar-refractivity contribution >= 4 is 21.8 Å². The first-order valence-corrected chi connectivity index (χ1v) is 7.31. The highest BCUT2D eigenvalue weighted by Crippen LogP contribution is 2.14. The first kappa shape index (κ1) is 16.0. The van der Waals surface area contributed by atoms with Crippen molar-refractivity contribution in [3.63, 3.8) is 0 Å². The Morgan fingerprint density at radius 1 is 1.32 bits per heavy atom. The van der Waals surface area contributed by atoms with Gasteiger partial charge in [-0.1, -0.05) is 28.1 Å². The molecule has 0 aliphatic carbocycles. The molecule has 0 aromatic heterocycles. The van der Waals surface area contributed by atoms with Gasteiger partial charge >= 0.3 is 0 Å². The summed E-state index contributed by atoms with van der Waals surface area (Å²) in [5.74, 6) is 0.915. The molecule has 5 heteroatoms. The fourth-order valence-corrected chi connectivity index (χ4v) is 1.97. The Hall–Kier alpha value is -1.07. The van der Waals surface area contributed by atoms with Gasteiger partial charge in [-0.15, -0.1) is 0 Å². The predicted octanol–water partition coefficient (Wildman–Crippen LogP) is 1.98. The van der Waals surface area contributed by atoms with Gasteiger partial charge in [0.15, 0.2) is 0 Å². The van der Waals surface area contributed by atoms with Crippen molar-refractivity contribution in [3.05, 3.63) is 29.8 Å². The summed E-state index contributed by atoms with van der Waals surface area (Å²) in [7, 11) is 5.82. The lowest BCUT2D eigenvalue weighted by atomic mass is 10.2. The molecule has 0 radical (unpaired) electrons. The highest BCUT2D eigenvalue weighted by atomic mass is 79.9. The van der Waals surface area contributed by atoms with Crippen molar-refractivity contribution in [2.24, 2.45) is 0 Å². The van der Waals surface area contributed by atoms with Gasteiger partial charge in [-0.05, 0) is 31.8 Å². The molecule has 1 amide bonds. The molecule has 0 unspecified atom stereocenters. The van der Waals surface area contributed by atoms with Gasteiger partial charge in [0.05, 0.1) is 5.33 Å². The van der Waals surface area contributed by atoms with Gasteiger partial charge in [0.25, 0.3) is 0 Å². The van der Waals surface area contributed by atoms with E-state index < -0.39 is 0 Å². The summed E-state index contributed by atoms with van der Waals surface area (Å²) in [6.45, 7) is 2.13. The van der Waals surface area contributed by atoms with Crippen LogP contribution in [0.1, 0.15) is 5.56 Å². The van der Waals surface area contributed by atoms with Gasteiger partial charge in [-0.25, -0.2) is 0 Å². The molecule has 1 aromatic carbocycles. The van der Waals surface area contributed by atoms with Crippen LogP contribution >= 0.6 is 15.9 Å². The number of likely N-dealkylation sites (N-methyl/N-ethyl adjacent to an activating group) is 1. The molecule has 0 saturated heterocycles. The van der Waals surface area contributed by atoms with Crippen molar-refractivity contribution in [1.29, 1.82) is 0 Å². The number of alkyl halides is 1. The third-order valence-corrected chi connectivity index (χ3v) is 3.15. The maximum Gasteiger partial charge on any atom is 0.233 e. The minimum absolute atomic E-state index is 0.0685. The molecule has 1 rings (SSSR count). The number of benzene rings is 1. The lowest BCUT2D eigenvalue weighted by molar-refractivity contribution is -0.127. The van der Waals surface area contributed by atoms with E-state index in [4.69, 9.17) is 4.74 Å². The summed E-state index contributed by atoms with van der Waals surface area (Å²) < 4.78 is 5.67. The Morgan fingerprint density at radius 2 is 2.05 bits per heavy atom. The smallest absolute Gasteiger partial charge is 0.233 e. The molecule has 0 saturated carbocycles. The maximum absolute atomic E-state index is 11.5. The van der Waals surface area contributed by atoms with Crippen LogP contribution in [0.5, 0.6) is 5.75 Å². The first-order chi connectivity index (χ1) is 9.02. The summed E-state index contributed by atoms with van der Waals surface area (Å²) in [5.41, 5.74) is 1.07. The SMILES string of the molecule is CN(C)CCOc1cccc(CN(C)C(=O)CBr)c1. The normalized spacial score (nSPS) is 10.6. The number of nitrogens with zero attached hydrogens (tertiary/aromatic N) is 2. The lowest BCUT2D eigenvalue weighted by Gasteiger charge is -2.17. The maximum atomic E-state index is 11.5. The second-order valence-electron chi connectivity index (χ2n) is 4.68. The molecule has 0 spiro atoms. The highest BCUT2D eigenvalue weighted by Gasteiger charge is 2.07. The molecule has 0 atom stereocenters. The molecule has 1 aromatic rings. The van der Waals surface area contributed by atoms with Crippen LogP contribution < -0.4 is 4.74 Å².